The summed E-state index contributed by atoms with van der Waals surface area (Å²) in [6.45, 7) is 1.52. The average Bonchev–Trinajstić information content (AvgIpc) is 3.06. The number of aliphatic hydroxyl groups is 4. The third-order valence-electron chi connectivity index (χ3n) is 6.10. The van der Waals surface area contributed by atoms with Gasteiger partial charge in [-0.15, -0.1) is 0 Å². The van der Waals surface area contributed by atoms with E-state index in [0.717, 1.165) is 0 Å². The number of hydrogen-bond acceptors (Lipinski definition) is 10. The summed E-state index contributed by atoms with van der Waals surface area (Å²) in [7, 11) is 3.17. The fourth-order valence-electron chi connectivity index (χ4n) is 4.41. The van der Waals surface area contributed by atoms with Gasteiger partial charge < -0.3 is 50.0 Å². The molecule has 1 amide bonds. The van der Waals surface area contributed by atoms with Crippen LogP contribution in [0.15, 0.2) is 0 Å². The maximum Gasteiger partial charge on any atom is 0.217 e. The molecule has 11 nitrogen and oxygen atoms in total. The van der Waals surface area contributed by atoms with Crippen LogP contribution in [0.3, 0.4) is 0 Å². The van der Waals surface area contributed by atoms with Gasteiger partial charge in [-0.05, 0) is 25.7 Å². The number of aliphatic hydroxyl groups excluding tert-OH is 4. The van der Waals surface area contributed by atoms with Crippen molar-refractivity contribution in [3.8, 4) is 0 Å². The number of thiocarbonyl (C=S) groups is 1. The van der Waals surface area contributed by atoms with E-state index in [0.29, 0.717) is 37.3 Å². The highest BCUT2D eigenvalue weighted by molar-refractivity contribution is 7.80. The summed E-state index contributed by atoms with van der Waals surface area (Å²) >= 11 is 5.45. The summed E-state index contributed by atoms with van der Waals surface area (Å²) in [5, 5.41) is 45.9. The number of hydrogen-bond donors (Lipinski definition) is 6. The second kappa shape index (κ2) is 13.8. The third-order valence-corrected chi connectivity index (χ3v) is 6.43. The smallest absolute Gasteiger partial charge is 0.217 e. The van der Waals surface area contributed by atoms with E-state index >= 15 is 0 Å². The summed E-state index contributed by atoms with van der Waals surface area (Å²) in [4.78, 5) is 12.1. The predicted molar refractivity (Wildman–Crippen MR) is 121 cm³/mol. The highest BCUT2D eigenvalue weighted by Gasteiger charge is 2.45. The maximum atomic E-state index is 11.5. The Hall–Kier alpha value is -0.960. The van der Waals surface area contributed by atoms with E-state index < -0.39 is 49.3 Å². The van der Waals surface area contributed by atoms with Crippen LogP contribution in [-0.2, 0) is 23.7 Å². The molecule has 2 aliphatic rings. The minimum Gasteiger partial charge on any atom is -0.394 e. The van der Waals surface area contributed by atoms with Crippen LogP contribution in [0, 0.1) is 5.92 Å². The van der Waals surface area contributed by atoms with Crippen LogP contribution in [-0.4, -0.2) is 114 Å². The Kier molecular flexibility index (Phi) is 11.8. The van der Waals surface area contributed by atoms with E-state index in [-0.39, 0.29) is 24.7 Å². The number of nitrogens with one attached hydrogen (secondary N) is 2. The van der Waals surface area contributed by atoms with Gasteiger partial charge in [-0.25, -0.2) is 0 Å². The van der Waals surface area contributed by atoms with Gasteiger partial charge in [0.15, 0.2) is 6.29 Å². The van der Waals surface area contributed by atoms with E-state index in [1.807, 2.05) is 0 Å². The summed E-state index contributed by atoms with van der Waals surface area (Å²) in [6.07, 6.45) is -3.02. The van der Waals surface area contributed by atoms with Crippen LogP contribution in [0.1, 0.15) is 32.6 Å². The first-order chi connectivity index (χ1) is 15.7. The Labute approximate surface area is 199 Å². The lowest BCUT2D eigenvalue weighted by molar-refractivity contribution is -0.270. The van der Waals surface area contributed by atoms with E-state index in [2.05, 4.69) is 10.6 Å². The maximum absolute atomic E-state index is 11.5. The molecule has 1 saturated heterocycles. The lowest BCUT2D eigenvalue weighted by Crippen LogP contribution is -2.64. The van der Waals surface area contributed by atoms with Crippen molar-refractivity contribution in [3.63, 3.8) is 0 Å². The van der Waals surface area contributed by atoms with Crippen LogP contribution in [0.25, 0.3) is 0 Å². The minimum absolute atomic E-state index is 0.0164. The van der Waals surface area contributed by atoms with Crippen molar-refractivity contribution in [2.75, 3.05) is 34.0 Å². The third kappa shape index (κ3) is 7.77. The number of rotatable bonds is 12. The number of carbonyl (C=O) groups excluding carboxylic acids is 1. The largest absolute Gasteiger partial charge is 0.394 e. The van der Waals surface area contributed by atoms with E-state index in [1.165, 1.54) is 6.92 Å². The van der Waals surface area contributed by atoms with Crippen molar-refractivity contribution in [2.24, 2.45) is 5.92 Å². The van der Waals surface area contributed by atoms with Crippen LogP contribution in [0.5, 0.6) is 0 Å². The second-order valence-electron chi connectivity index (χ2n) is 8.58. The van der Waals surface area contributed by atoms with Gasteiger partial charge in [0.05, 0.1) is 30.3 Å². The molecular formula is C21H38N2O9S. The predicted octanol–water partition coefficient (Wildman–Crippen LogP) is -1.56. The van der Waals surface area contributed by atoms with Crippen molar-refractivity contribution in [3.05, 3.63) is 0 Å². The zero-order valence-corrected chi connectivity index (χ0v) is 20.2. The van der Waals surface area contributed by atoms with Crippen LogP contribution < -0.4 is 10.6 Å². The van der Waals surface area contributed by atoms with Crippen molar-refractivity contribution in [2.45, 2.75) is 81.5 Å². The van der Waals surface area contributed by atoms with Crippen LogP contribution in [0.4, 0.5) is 0 Å². The summed E-state index contributed by atoms with van der Waals surface area (Å²) in [5.41, 5.74) is 0. The molecule has 192 valence electrons. The molecule has 33 heavy (non-hydrogen) atoms. The first-order valence-corrected chi connectivity index (χ1v) is 11.6. The first-order valence-electron chi connectivity index (χ1n) is 11.2. The highest BCUT2D eigenvalue weighted by atomic mass is 32.1. The van der Waals surface area contributed by atoms with Gasteiger partial charge in [0.25, 0.3) is 0 Å². The molecule has 12 heteroatoms. The number of ether oxygens (including phenoxy) is 4. The van der Waals surface area contributed by atoms with Gasteiger partial charge in [-0.3, -0.25) is 4.79 Å². The zero-order valence-electron chi connectivity index (χ0n) is 19.4. The number of amides is 1. The molecular weight excluding hydrogens is 456 g/mol. The summed E-state index contributed by atoms with van der Waals surface area (Å²) < 4.78 is 21.9. The topological polar surface area (TPSA) is 159 Å². The normalized spacial score (nSPS) is 36.5. The molecule has 9 atom stereocenters. The lowest BCUT2D eigenvalue weighted by Gasteiger charge is -2.42. The van der Waals surface area contributed by atoms with Crippen LogP contribution in [0.2, 0.25) is 0 Å². The molecule has 0 aromatic carbocycles. The summed E-state index contributed by atoms with van der Waals surface area (Å²) in [6, 6.07) is -1.05. The first kappa shape index (κ1) is 28.3. The van der Waals surface area contributed by atoms with Gasteiger partial charge in [-0.1, -0.05) is 12.2 Å². The highest BCUT2D eigenvalue weighted by Crippen LogP contribution is 2.29. The van der Waals surface area contributed by atoms with Crippen molar-refractivity contribution in [1.82, 2.24) is 10.6 Å². The SMILES string of the molecule is COC[C@H]1C[C@H](NC(=S)CCCCO[C@@H]2O[C@H](CO)[C@H](O)[C@H](O)[C@H]2NC(C)=O)[C@@H](OC)C1O. The molecule has 6 N–H and O–H groups in total. The van der Waals surface area contributed by atoms with Gasteiger partial charge in [0.2, 0.25) is 5.91 Å². The monoisotopic (exact) mass is 494 g/mol. The Bertz CT molecular complexity index is 629. The Morgan fingerprint density at radius 1 is 1.12 bits per heavy atom. The number of unbranched alkanes of at least 4 members (excludes halogenated alkanes) is 1. The fourth-order valence-corrected chi connectivity index (χ4v) is 4.71. The molecule has 2 fully saturated rings. The molecule has 0 spiro atoms. The molecule has 1 saturated carbocycles. The van der Waals surface area contributed by atoms with Crippen molar-refractivity contribution < 1.29 is 44.2 Å². The van der Waals surface area contributed by atoms with Crippen LogP contribution >= 0.6 is 12.2 Å². The van der Waals surface area contributed by atoms with E-state index in [1.54, 1.807) is 14.2 Å². The number of carbonyl (C=O) groups is 1. The van der Waals surface area contributed by atoms with Crippen molar-refractivity contribution >= 4 is 23.1 Å². The molecule has 2 rings (SSSR count). The zero-order chi connectivity index (χ0) is 24.5. The lowest BCUT2D eigenvalue weighted by atomic mass is 9.97. The molecule has 1 heterocycles. The molecule has 1 aliphatic heterocycles. The van der Waals surface area contributed by atoms with Gasteiger partial charge in [0.1, 0.15) is 30.5 Å². The molecule has 0 aromatic rings. The van der Waals surface area contributed by atoms with Gasteiger partial charge >= 0.3 is 0 Å². The van der Waals surface area contributed by atoms with Crippen molar-refractivity contribution in [1.29, 1.82) is 0 Å². The summed E-state index contributed by atoms with van der Waals surface area (Å²) in [5.74, 6) is -0.418. The minimum atomic E-state index is -1.34. The van der Waals surface area contributed by atoms with E-state index in [4.69, 9.17) is 31.2 Å². The van der Waals surface area contributed by atoms with Gasteiger partial charge in [0, 0.05) is 33.7 Å². The fraction of sp³-hybridized carbons (Fsp3) is 0.905. The molecule has 0 bridgehead atoms. The molecule has 0 aromatic heterocycles. The molecule has 1 unspecified atom stereocenters. The second-order valence-corrected chi connectivity index (χ2v) is 9.07. The quantitative estimate of drug-likeness (QED) is 0.138. The average molecular weight is 495 g/mol. The Morgan fingerprint density at radius 2 is 1.85 bits per heavy atom. The Morgan fingerprint density at radius 3 is 2.45 bits per heavy atom. The standard InChI is InChI=1S/C21H38N2O9S/c1-11(25)22-16-19(28)18(27)14(9-24)32-21(16)31-7-5-4-6-15(33)23-13-8-12(10-29-2)17(26)20(13)30-3/h12-14,16-21,24,26-28H,4-10H2,1-3H3,(H,22,25)(H,23,33)/t12-,13+,14-,16-,17?,18+,19-,20-,21-/m1/s1. The number of methoxy groups -OCH3 is 2. The Balaban J connectivity index is 1.76. The van der Waals surface area contributed by atoms with Gasteiger partial charge in [-0.2, -0.15) is 0 Å². The molecule has 0 radical (unpaired) electrons. The molecule has 1 aliphatic carbocycles. The van der Waals surface area contributed by atoms with E-state index in [9.17, 15) is 25.2 Å².